The van der Waals surface area contributed by atoms with E-state index in [4.69, 9.17) is 0 Å². The van der Waals surface area contributed by atoms with Crippen molar-refractivity contribution in [2.24, 2.45) is 0 Å². The van der Waals surface area contributed by atoms with Crippen LogP contribution in [0.4, 0.5) is 0 Å². The summed E-state index contributed by atoms with van der Waals surface area (Å²) in [5.74, 6) is 0. The van der Waals surface area contributed by atoms with E-state index in [1.807, 2.05) is 0 Å². The first-order chi connectivity index (χ1) is 10.7. The maximum absolute atomic E-state index is 3.04. The van der Waals surface area contributed by atoms with Gasteiger partial charge in [-0.25, -0.2) is 0 Å². The molecule has 1 aromatic carbocycles. The van der Waals surface area contributed by atoms with E-state index in [0.29, 0.717) is 0 Å². The minimum atomic E-state index is -3.04. The first-order valence-corrected chi connectivity index (χ1v) is 14.2. The fourth-order valence-corrected chi connectivity index (χ4v) is 19.7. The van der Waals surface area contributed by atoms with E-state index >= 15 is 0 Å². The molecule has 4 heteroatoms. The van der Waals surface area contributed by atoms with Gasteiger partial charge in [0.05, 0.1) is 0 Å². The number of nitrogens with zero attached hydrogens (tertiary/aromatic N) is 3. The second-order valence-corrected chi connectivity index (χ2v) is 16.2. The van der Waals surface area contributed by atoms with Crippen molar-refractivity contribution in [2.75, 3.05) is 39.3 Å². The Bertz CT molecular complexity index is 367. The molecule has 0 atom stereocenters. The molecule has 0 unspecified atom stereocenters. The van der Waals surface area contributed by atoms with Gasteiger partial charge < -0.3 is 0 Å². The summed E-state index contributed by atoms with van der Waals surface area (Å²) in [5, 5.41) is 0. The van der Waals surface area contributed by atoms with Gasteiger partial charge in [0, 0.05) is 0 Å². The third kappa shape index (κ3) is 3.69. The van der Waals surface area contributed by atoms with Gasteiger partial charge in [-0.05, 0) is 0 Å². The van der Waals surface area contributed by atoms with Crippen LogP contribution in [0.25, 0.3) is 0 Å². The van der Waals surface area contributed by atoms with Crippen LogP contribution < -0.4 is 3.58 Å². The summed E-state index contributed by atoms with van der Waals surface area (Å²) >= 11 is -3.04. The molecule has 1 aromatic rings. The van der Waals surface area contributed by atoms with Gasteiger partial charge in [-0.3, -0.25) is 0 Å². The van der Waals surface area contributed by atoms with Crippen LogP contribution in [0.3, 0.4) is 0 Å². The summed E-state index contributed by atoms with van der Waals surface area (Å²) in [6.07, 6.45) is 0. The van der Waals surface area contributed by atoms with Gasteiger partial charge in [0.1, 0.15) is 0 Å². The molecular formula is C18H35N3Sn. The SMILES string of the molecule is CC[N](CC)[Sn]([c]1ccccc1)([N](CC)CC)[N](CC)CC. The first-order valence-electron chi connectivity index (χ1n) is 8.97. The fraction of sp³-hybridized carbons (Fsp3) is 0.667. The van der Waals surface area contributed by atoms with Crippen molar-refractivity contribution in [1.29, 1.82) is 0 Å². The molecule has 0 bridgehead atoms. The molecule has 0 N–H and O–H groups in total. The molecule has 126 valence electrons. The van der Waals surface area contributed by atoms with Gasteiger partial charge in [-0.1, -0.05) is 0 Å². The molecule has 0 aliphatic rings. The summed E-state index contributed by atoms with van der Waals surface area (Å²) in [4.78, 5) is 0. The van der Waals surface area contributed by atoms with E-state index in [0.717, 1.165) is 39.3 Å². The molecule has 0 spiro atoms. The quantitative estimate of drug-likeness (QED) is 0.548. The molecule has 1 rings (SSSR count). The zero-order valence-corrected chi connectivity index (χ0v) is 18.3. The Morgan fingerprint density at radius 2 is 0.909 bits per heavy atom. The Balaban J connectivity index is 3.61. The van der Waals surface area contributed by atoms with E-state index in [1.165, 1.54) is 0 Å². The van der Waals surface area contributed by atoms with Gasteiger partial charge in [0.15, 0.2) is 0 Å². The van der Waals surface area contributed by atoms with Gasteiger partial charge in [0.2, 0.25) is 0 Å². The van der Waals surface area contributed by atoms with Gasteiger partial charge >= 0.3 is 143 Å². The van der Waals surface area contributed by atoms with Crippen molar-refractivity contribution < 1.29 is 0 Å². The Labute approximate surface area is 143 Å². The summed E-state index contributed by atoms with van der Waals surface area (Å²) in [6, 6.07) is 11.3. The molecule has 3 nitrogen and oxygen atoms in total. The maximum atomic E-state index is 2.81. The average Bonchev–Trinajstić information content (AvgIpc) is 2.58. The second kappa shape index (κ2) is 9.91. The normalized spacial score (nSPS) is 12.6. The summed E-state index contributed by atoms with van der Waals surface area (Å²) < 4.78 is 10.0. The predicted octanol–water partition coefficient (Wildman–Crippen LogP) is 2.86. The summed E-state index contributed by atoms with van der Waals surface area (Å²) in [6.45, 7) is 20.7. The van der Waals surface area contributed by atoms with Crippen LogP contribution in [0.2, 0.25) is 0 Å². The monoisotopic (exact) mass is 413 g/mol. The van der Waals surface area contributed by atoms with Gasteiger partial charge in [-0.15, -0.1) is 0 Å². The zero-order valence-electron chi connectivity index (χ0n) is 15.5. The van der Waals surface area contributed by atoms with Crippen molar-refractivity contribution in [3.8, 4) is 0 Å². The summed E-state index contributed by atoms with van der Waals surface area (Å²) in [5.41, 5.74) is 0. The van der Waals surface area contributed by atoms with E-state index in [2.05, 4.69) is 81.2 Å². The van der Waals surface area contributed by atoms with E-state index in [9.17, 15) is 0 Å². The molecule has 0 heterocycles. The first kappa shape index (κ1) is 19.9. The van der Waals surface area contributed by atoms with Crippen LogP contribution >= 0.6 is 0 Å². The predicted molar refractivity (Wildman–Crippen MR) is 101 cm³/mol. The second-order valence-electron chi connectivity index (χ2n) is 5.52. The molecule has 0 saturated heterocycles. The van der Waals surface area contributed by atoms with Crippen LogP contribution in [0.15, 0.2) is 30.3 Å². The molecular weight excluding hydrogens is 377 g/mol. The minimum absolute atomic E-state index is 1.13. The van der Waals surface area contributed by atoms with Crippen LogP contribution in [0.5, 0.6) is 0 Å². The number of hydrogen-bond donors (Lipinski definition) is 0. The van der Waals surface area contributed by atoms with Crippen molar-refractivity contribution in [3.05, 3.63) is 30.3 Å². The standard InChI is InChI=1S/C6H5.3C4H10N.Sn/c1-2-4-6-5-3-1;3*1-3-5-4-2;/h1-5H;3*3-4H2,1-2H3;/q;3*-1;+3. The van der Waals surface area contributed by atoms with Crippen LogP contribution in [0, 0.1) is 0 Å². The average molecular weight is 412 g/mol. The van der Waals surface area contributed by atoms with Crippen LogP contribution in [0.1, 0.15) is 41.5 Å². The van der Waals surface area contributed by atoms with E-state index < -0.39 is 19.2 Å². The molecule has 0 fully saturated rings. The van der Waals surface area contributed by atoms with Crippen LogP contribution in [-0.4, -0.2) is 67.8 Å². The third-order valence-electron chi connectivity index (χ3n) is 4.77. The zero-order chi connectivity index (χ0) is 16.6. The van der Waals surface area contributed by atoms with Crippen molar-refractivity contribution >= 4 is 22.8 Å². The molecule has 0 amide bonds. The number of rotatable bonds is 10. The Morgan fingerprint density at radius 3 is 1.18 bits per heavy atom. The van der Waals surface area contributed by atoms with Crippen LogP contribution in [-0.2, 0) is 0 Å². The van der Waals surface area contributed by atoms with Gasteiger partial charge in [-0.2, -0.15) is 0 Å². The summed E-state index contributed by atoms with van der Waals surface area (Å²) in [7, 11) is 0. The Morgan fingerprint density at radius 1 is 0.591 bits per heavy atom. The third-order valence-corrected chi connectivity index (χ3v) is 20.9. The molecule has 22 heavy (non-hydrogen) atoms. The molecule has 0 saturated carbocycles. The molecule has 0 aromatic heterocycles. The Kier molecular flexibility index (Phi) is 8.98. The van der Waals surface area contributed by atoms with Crippen molar-refractivity contribution in [3.63, 3.8) is 0 Å². The van der Waals surface area contributed by atoms with E-state index in [-0.39, 0.29) is 0 Å². The molecule has 0 aliphatic carbocycles. The molecule has 0 aliphatic heterocycles. The van der Waals surface area contributed by atoms with Crippen molar-refractivity contribution in [1.82, 2.24) is 9.36 Å². The number of hydrogen-bond acceptors (Lipinski definition) is 3. The fourth-order valence-electron chi connectivity index (χ4n) is 3.80. The van der Waals surface area contributed by atoms with Crippen molar-refractivity contribution in [2.45, 2.75) is 41.5 Å². The van der Waals surface area contributed by atoms with Gasteiger partial charge in [0.25, 0.3) is 0 Å². The Hall–Kier alpha value is -0.101. The topological polar surface area (TPSA) is 9.72 Å². The number of benzene rings is 1. The van der Waals surface area contributed by atoms with E-state index in [1.54, 1.807) is 3.58 Å². The molecule has 0 radical (unpaired) electrons.